The van der Waals surface area contributed by atoms with E-state index in [0.717, 1.165) is 25.2 Å². The van der Waals surface area contributed by atoms with Crippen LogP contribution < -0.4 is 10.2 Å². The molecule has 4 heteroatoms. The zero-order chi connectivity index (χ0) is 13.6. The maximum Gasteiger partial charge on any atom is 0.321 e. The summed E-state index contributed by atoms with van der Waals surface area (Å²) >= 11 is 0. The maximum absolute atomic E-state index is 12.2. The molecule has 1 aromatic carbocycles. The first kappa shape index (κ1) is 12.5. The lowest BCUT2D eigenvalue weighted by atomic mass is 9.89. The van der Waals surface area contributed by atoms with Gasteiger partial charge in [0, 0.05) is 31.2 Å². The Morgan fingerprint density at radius 3 is 2.95 bits per heavy atom. The topological polar surface area (TPSA) is 35.6 Å². The van der Waals surface area contributed by atoms with Crippen LogP contribution in [0, 0.1) is 6.92 Å². The molecule has 2 atom stereocenters. The minimum atomic E-state index is 0.0159. The predicted molar refractivity (Wildman–Crippen MR) is 76.8 cm³/mol. The van der Waals surface area contributed by atoms with Gasteiger partial charge in [-0.05, 0) is 38.6 Å². The van der Waals surface area contributed by atoms with E-state index in [0.29, 0.717) is 12.0 Å². The van der Waals surface area contributed by atoms with Crippen LogP contribution in [0.15, 0.2) is 18.2 Å². The number of rotatable bonds is 0. The first-order valence-electron chi connectivity index (χ1n) is 6.92. The Morgan fingerprint density at radius 1 is 1.42 bits per heavy atom. The van der Waals surface area contributed by atoms with Crippen molar-refractivity contribution in [3.8, 4) is 0 Å². The molecule has 1 aromatic rings. The minimum Gasteiger partial charge on any atom is -0.341 e. The van der Waals surface area contributed by atoms with Crippen molar-refractivity contribution in [3.05, 3.63) is 29.3 Å². The van der Waals surface area contributed by atoms with Gasteiger partial charge in [-0.15, -0.1) is 0 Å². The van der Waals surface area contributed by atoms with E-state index in [1.807, 2.05) is 4.90 Å². The number of hydrogen-bond acceptors (Lipinski definition) is 2. The van der Waals surface area contributed by atoms with Crippen molar-refractivity contribution in [1.29, 1.82) is 0 Å². The van der Waals surface area contributed by atoms with Crippen LogP contribution in [0.3, 0.4) is 0 Å². The van der Waals surface area contributed by atoms with Gasteiger partial charge in [-0.1, -0.05) is 17.7 Å². The second-order valence-corrected chi connectivity index (χ2v) is 5.71. The van der Waals surface area contributed by atoms with Crippen LogP contribution in [0.25, 0.3) is 0 Å². The lowest BCUT2D eigenvalue weighted by molar-refractivity contribution is 0.220. The van der Waals surface area contributed by atoms with Gasteiger partial charge in [-0.2, -0.15) is 0 Å². The van der Waals surface area contributed by atoms with Crippen molar-refractivity contribution < 1.29 is 4.79 Å². The van der Waals surface area contributed by atoms with Crippen LogP contribution in [0.2, 0.25) is 0 Å². The molecule has 0 saturated carbocycles. The average Bonchev–Trinajstić information content (AvgIpc) is 2.71. The number of nitrogens with zero attached hydrogens (tertiary/aromatic N) is 2. The zero-order valence-electron chi connectivity index (χ0n) is 11.8. The smallest absolute Gasteiger partial charge is 0.321 e. The van der Waals surface area contributed by atoms with E-state index in [-0.39, 0.29) is 6.03 Å². The zero-order valence-corrected chi connectivity index (χ0v) is 11.8. The van der Waals surface area contributed by atoms with Crippen molar-refractivity contribution >= 4 is 11.7 Å². The number of anilines is 1. The number of likely N-dealkylation sites (tertiary alicyclic amines) is 1. The van der Waals surface area contributed by atoms with Gasteiger partial charge < -0.3 is 10.2 Å². The van der Waals surface area contributed by atoms with Gasteiger partial charge >= 0.3 is 6.03 Å². The van der Waals surface area contributed by atoms with Crippen LogP contribution in [0.5, 0.6) is 0 Å². The lowest BCUT2D eigenvalue weighted by Gasteiger charge is -2.36. The highest BCUT2D eigenvalue weighted by molar-refractivity contribution is 5.95. The molecule has 2 unspecified atom stereocenters. The molecule has 1 N–H and O–H groups in total. The van der Waals surface area contributed by atoms with Gasteiger partial charge in [0.15, 0.2) is 0 Å². The van der Waals surface area contributed by atoms with Crippen LogP contribution in [0.1, 0.15) is 23.5 Å². The molecule has 4 nitrogen and oxygen atoms in total. The third-order valence-corrected chi connectivity index (χ3v) is 4.39. The molecule has 2 aliphatic rings. The SMILES string of the molecule is CNC(=O)N1c2ccc(C)cc2C2CN(C)CCC21. The largest absolute Gasteiger partial charge is 0.341 e. The summed E-state index contributed by atoms with van der Waals surface area (Å²) in [5, 5.41) is 2.78. The van der Waals surface area contributed by atoms with Crippen LogP contribution in [-0.4, -0.2) is 44.2 Å². The van der Waals surface area contributed by atoms with Gasteiger partial charge in [-0.3, -0.25) is 4.90 Å². The molecule has 0 aromatic heterocycles. The molecular weight excluding hydrogens is 238 g/mol. The summed E-state index contributed by atoms with van der Waals surface area (Å²) in [5.41, 5.74) is 3.69. The van der Waals surface area contributed by atoms with Gasteiger partial charge in [0.25, 0.3) is 0 Å². The highest BCUT2D eigenvalue weighted by Crippen LogP contribution is 2.44. The van der Waals surface area contributed by atoms with Gasteiger partial charge in [0.2, 0.25) is 0 Å². The van der Waals surface area contributed by atoms with E-state index >= 15 is 0 Å². The number of carbonyl (C=O) groups excluding carboxylic acids is 1. The van der Waals surface area contributed by atoms with Crippen molar-refractivity contribution in [2.75, 3.05) is 32.1 Å². The number of nitrogens with one attached hydrogen (secondary N) is 1. The van der Waals surface area contributed by atoms with Crippen molar-refractivity contribution in [1.82, 2.24) is 10.2 Å². The Bertz CT molecular complexity index is 514. The normalized spacial score (nSPS) is 25.9. The molecule has 0 aliphatic carbocycles. The van der Waals surface area contributed by atoms with E-state index in [2.05, 4.69) is 42.4 Å². The maximum atomic E-state index is 12.2. The van der Waals surface area contributed by atoms with Crippen LogP contribution in [0.4, 0.5) is 10.5 Å². The van der Waals surface area contributed by atoms with E-state index in [9.17, 15) is 4.79 Å². The second kappa shape index (κ2) is 4.53. The average molecular weight is 259 g/mol. The second-order valence-electron chi connectivity index (χ2n) is 5.71. The van der Waals surface area contributed by atoms with E-state index in [1.165, 1.54) is 11.1 Å². The number of fused-ring (bicyclic) bond motifs is 3. The number of aryl methyl sites for hydroxylation is 1. The van der Waals surface area contributed by atoms with Crippen molar-refractivity contribution in [2.45, 2.75) is 25.3 Å². The Balaban J connectivity index is 2.06. The first-order valence-corrected chi connectivity index (χ1v) is 6.92. The van der Waals surface area contributed by atoms with Gasteiger partial charge in [0.1, 0.15) is 0 Å². The molecule has 1 fully saturated rings. The fourth-order valence-corrected chi connectivity index (χ4v) is 3.47. The molecular formula is C15H21N3O. The number of carbonyl (C=O) groups is 1. The number of amides is 2. The lowest BCUT2D eigenvalue weighted by Crippen LogP contribution is -2.49. The molecule has 3 rings (SSSR count). The van der Waals surface area contributed by atoms with Crippen LogP contribution in [-0.2, 0) is 0 Å². The fraction of sp³-hybridized carbons (Fsp3) is 0.533. The summed E-state index contributed by atoms with van der Waals surface area (Å²) in [6, 6.07) is 6.76. The van der Waals surface area contributed by atoms with Crippen LogP contribution >= 0.6 is 0 Å². The number of urea groups is 1. The van der Waals surface area contributed by atoms with Crippen molar-refractivity contribution in [2.24, 2.45) is 0 Å². The molecule has 0 radical (unpaired) electrons. The molecule has 2 heterocycles. The summed E-state index contributed by atoms with van der Waals surface area (Å²) in [6.07, 6.45) is 1.04. The molecule has 2 aliphatic heterocycles. The molecule has 19 heavy (non-hydrogen) atoms. The molecule has 2 amide bonds. The molecule has 0 bridgehead atoms. The number of piperidine rings is 1. The third-order valence-electron chi connectivity index (χ3n) is 4.39. The summed E-state index contributed by atoms with van der Waals surface area (Å²) in [7, 11) is 3.87. The summed E-state index contributed by atoms with van der Waals surface area (Å²) in [4.78, 5) is 16.5. The van der Waals surface area contributed by atoms with E-state index in [4.69, 9.17) is 0 Å². The first-order chi connectivity index (χ1) is 9.11. The monoisotopic (exact) mass is 259 g/mol. The Morgan fingerprint density at radius 2 is 2.21 bits per heavy atom. The Kier molecular flexibility index (Phi) is 2.97. The number of hydrogen-bond donors (Lipinski definition) is 1. The molecule has 1 saturated heterocycles. The van der Waals surface area contributed by atoms with Gasteiger partial charge in [0.05, 0.1) is 0 Å². The fourth-order valence-electron chi connectivity index (χ4n) is 3.47. The highest BCUT2D eigenvalue weighted by Gasteiger charge is 2.43. The number of likely N-dealkylation sites (N-methyl/N-ethyl adjacent to an activating group) is 1. The standard InChI is InChI=1S/C15H21N3O/c1-10-4-5-13-11(8-10)12-9-17(3)7-6-14(12)18(13)15(19)16-2/h4-5,8,12,14H,6-7,9H2,1-3H3,(H,16,19). The third kappa shape index (κ3) is 1.91. The quantitative estimate of drug-likeness (QED) is 0.773. The Labute approximate surface area is 114 Å². The predicted octanol–water partition coefficient (Wildman–Crippen LogP) is 1.94. The highest BCUT2D eigenvalue weighted by atomic mass is 16.2. The summed E-state index contributed by atoms with van der Waals surface area (Å²) < 4.78 is 0. The molecule has 0 spiro atoms. The minimum absolute atomic E-state index is 0.0159. The summed E-state index contributed by atoms with van der Waals surface area (Å²) in [6.45, 7) is 4.21. The molecule has 102 valence electrons. The number of benzene rings is 1. The Hall–Kier alpha value is -1.55. The van der Waals surface area contributed by atoms with E-state index < -0.39 is 0 Å². The summed E-state index contributed by atoms with van der Waals surface area (Å²) in [5.74, 6) is 0.450. The van der Waals surface area contributed by atoms with Crippen molar-refractivity contribution in [3.63, 3.8) is 0 Å². The van der Waals surface area contributed by atoms with E-state index in [1.54, 1.807) is 7.05 Å². The van der Waals surface area contributed by atoms with Gasteiger partial charge in [-0.25, -0.2) is 4.79 Å².